The summed E-state index contributed by atoms with van der Waals surface area (Å²) in [7, 11) is 1.49. The van der Waals surface area contributed by atoms with Gasteiger partial charge in [0.15, 0.2) is 0 Å². The third-order valence-electron chi connectivity index (χ3n) is 3.92. The smallest absolute Gasteiger partial charge is 0.325 e. The van der Waals surface area contributed by atoms with Crippen LogP contribution in [0, 0.1) is 20.8 Å². The van der Waals surface area contributed by atoms with E-state index in [9.17, 15) is 9.59 Å². The van der Waals surface area contributed by atoms with Gasteiger partial charge in [0, 0.05) is 7.05 Å². The van der Waals surface area contributed by atoms with Gasteiger partial charge < -0.3 is 11.1 Å². The Labute approximate surface area is 119 Å². The number of benzene rings is 1. The van der Waals surface area contributed by atoms with E-state index >= 15 is 0 Å². The summed E-state index contributed by atoms with van der Waals surface area (Å²) in [5, 5.41) is 2.84. The second-order valence-electron chi connectivity index (χ2n) is 5.51. The van der Waals surface area contributed by atoms with E-state index in [-0.39, 0.29) is 11.9 Å². The van der Waals surface area contributed by atoms with Crippen molar-refractivity contribution in [2.45, 2.75) is 32.7 Å². The Kier molecular flexibility index (Phi) is 3.56. The van der Waals surface area contributed by atoms with Crippen LogP contribution < -0.4 is 11.1 Å². The lowest BCUT2D eigenvalue weighted by Crippen LogP contribution is -2.46. The van der Waals surface area contributed by atoms with E-state index in [2.05, 4.69) is 5.32 Å². The van der Waals surface area contributed by atoms with Gasteiger partial charge in [-0.25, -0.2) is 4.79 Å². The number of nitrogens with one attached hydrogen (secondary N) is 1. The van der Waals surface area contributed by atoms with Crippen molar-refractivity contribution in [3.05, 3.63) is 34.4 Å². The number of hydrogen-bond acceptors (Lipinski definition) is 3. The fourth-order valence-electron chi connectivity index (χ4n) is 3.23. The highest BCUT2D eigenvalue weighted by molar-refractivity contribution is 6.07. The molecule has 1 aliphatic rings. The van der Waals surface area contributed by atoms with Crippen LogP contribution in [-0.4, -0.2) is 30.4 Å². The highest BCUT2D eigenvalue weighted by Crippen LogP contribution is 2.36. The van der Waals surface area contributed by atoms with Gasteiger partial charge in [0.2, 0.25) is 0 Å². The van der Waals surface area contributed by atoms with Crippen LogP contribution in [0.4, 0.5) is 4.79 Å². The van der Waals surface area contributed by atoms with Crippen molar-refractivity contribution in [2.75, 3.05) is 13.6 Å². The van der Waals surface area contributed by atoms with Gasteiger partial charge >= 0.3 is 6.03 Å². The minimum atomic E-state index is -1.03. The summed E-state index contributed by atoms with van der Waals surface area (Å²) < 4.78 is 0. The fraction of sp³-hybridized carbons (Fsp3) is 0.467. The van der Waals surface area contributed by atoms with Crippen LogP contribution in [0.3, 0.4) is 0 Å². The first kappa shape index (κ1) is 14.5. The molecule has 1 fully saturated rings. The number of imide groups is 1. The molecule has 0 aliphatic carbocycles. The summed E-state index contributed by atoms with van der Waals surface area (Å²) >= 11 is 0. The topological polar surface area (TPSA) is 75.4 Å². The lowest BCUT2D eigenvalue weighted by molar-refractivity contribution is -0.131. The van der Waals surface area contributed by atoms with Crippen LogP contribution in [0.15, 0.2) is 12.1 Å². The molecule has 0 radical (unpaired) electrons. The minimum Gasteiger partial charge on any atom is -0.330 e. The number of amides is 3. The van der Waals surface area contributed by atoms with Crippen molar-refractivity contribution < 1.29 is 9.59 Å². The molecule has 5 heteroatoms. The molecule has 1 heterocycles. The number of carbonyl (C=O) groups excluding carboxylic acids is 2. The quantitative estimate of drug-likeness (QED) is 0.817. The van der Waals surface area contributed by atoms with E-state index in [1.165, 1.54) is 7.05 Å². The largest absolute Gasteiger partial charge is 0.330 e. The van der Waals surface area contributed by atoms with Crippen molar-refractivity contribution in [2.24, 2.45) is 5.73 Å². The van der Waals surface area contributed by atoms with Crippen molar-refractivity contribution >= 4 is 11.9 Å². The summed E-state index contributed by atoms with van der Waals surface area (Å²) in [6, 6.07) is 3.68. The number of aryl methyl sites for hydroxylation is 3. The average molecular weight is 275 g/mol. The predicted molar refractivity (Wildman–Crippen MR) is 77.3 cm³/mol. The van der Waals surface area contributed by atoms with E-state index in [0.29, 0.717) is 13.0 Å². The van der Waals surface area contributed by atoms with E-state index < -0.39 is 5.54 Å². The number of hydrogen-bond donors (Lipinski definition) is 2. The average Bonchev–Trinajstić information content (AvgIpc) is 2.54. The summed E-state index contributed by atoms with van der Waals surface area (Å²) in [4.78, 5) is 25.6. The zero-order valence-electron chi connectivity index (χ0n) is 12.4. The molecule has 0 saturated carbocycles. The van der Waals surface area contributed by atoms with Gasteiger partial charge in [0.05, 0.1) is 0 Å². The number of likely N-dealkylation sites (N-methyl/N-ethyl adjacent to an activating group) is 1. The lowest BCUT2D eigenvalue weighted by atomic mass is 9.80. The molecule has 0 aromatic heterocycles. The molecule has 0 spiro atoms. The molecule has 0 bridgehead atoms. The fourth-order valence-corrected chi connectivity index (χ4v) is 3.23. The number of carbonyl (C=O) groups is 2. The normalized spacial score (nSPS) is 22.4. The van der Waals surface area contributed by atoms with Gasteiger partial charge in [0.1, 0.15) is 5.54 Å². The maximum atomic E-state index is 12.6. The third-order valence-corrected chi connectivity index (χ3v) is 3.92. The number of urea groups is 1. The molecule has 108 valence electrons. The van der Waals surface area contributed by atoms with Crippen LogP contribution >= 0.6 is 0 Å². The zero-order valence-corrected chi connectivity index (χ0v) is 12.4. The highest BCUT2D eigenvalue weighted by atomic mass is 16.2. The van der Waals surface area contributed by atoms with E-state index in [4.69, 9.17) is 5.73 Å². The monoisotopic (exact) mass is 275 g/mol. The molecule has 1 saturated heterocycles. The van der Waals surface area contributed by atoms with Crippen LogP contribution in [0.1, 0.15) is 28.7 Å². The molecule has 1 atom stereocenters. The molecule has 1 aromatic rings. The molecule has 5 nitrogen and oxygen atoms in total. The molecule has 1 aliphatic heterocycles. The Balaban J connectivity index is 2.67. The van der Waals surface area contributed by atoms with Crippen LogP contribution in [0.25, 0.3) is 0 Å². The van der Waals surface area contributed by atoms with Crippen LogP contribution in [0.5, 0.6) is 0 Å². The van der Waals surface area contributed by atoms with Gasteiger partial charge in [-0.3, -0.25) is 9.69 Å². The first-order valence-corrected chi connectivity index (χ1v) is 6.72. The molecule has 3 N–H and O–H groups in total. The molecule has 1 unspecified atom stereocenters. The second kappa shape index (κ2) is 4.90. The van der Waals surface area contributed by atoms with Crippen molar-refractivity contribution in [3.63, 3.8) is 0 Å². The molecule has 2 rings (SSSR count). The van der Waals surface area contributed by atoms with Gasteiger partial charge in [-0.05, 0) is 50.4 Å². The SMILES string of the molecule is Cc1cc(C)c(C2(CCN)NC(=O)N(C)C2=O)c(C)c1. The van der Waals surface area contributed by atoms with Crippen LogP contribution in [-0.2, 0) is 10.3 Å². The van der Waals surface area contributed by atoms with E-state index in [1.807, 2.05) is 32.9 Å². The molecular formula is C15H21N3O2. The molecule has 20 heavy (non-hydrogen) atoms. The van der Waals surface area contributed by atoms with Crippen molar-refractivity contribution in [3.8, 4) is 0 Å². The number of rotatable bonds is 3. The summed E-state index contributed by atoms with van der Waals surface area (Å²) in [6.45, 7) is 6.27. The minimum absolute atomic E-state index is 0.233. The Morgan fingerprint density at radius 1 is 1.20 bits per heavy atom. The highest BCUT2D eigenvalue weighted by Gasteiger charge is 2.51. The zero-order chi connectivity index (χ0) is 15.1. The Hall–Kier alpha value is -1.88. The standard InChI is InChI=1S/C15H21N3O2/c1-9-7-10(2)12(11(3)8-9)15(5-6-16)13(19)18(4)14(20)17-15/h7-8H,5-6,16H2,1-4H3,(H,17,20). The maximum absolute atomic E-state index is 12.6. The van der Waals surface area contributed by atoms with E-state index in [1.54, 1.807) is 0 Å². The predicted octanol–water partition coefficient (Wildman–Crippen LogP) is 1.34. The van der Waals surface area contributed by atoms with Crippen molar-refractivity contribution in [1.82, 2.24) is 10.2 Å². The number of nitrogens with zero attached hydrogens (tertiary/aromatic N) is 1. The second-order valence-corrected chi connectivity index (χ2v) is 5.51. The van der Waals surface area contributed by atoms with Crippen molar-refractivity contribution in [1.29, 1.82) is 0 Å². The summed E-state index contributed by atoms with van der Waals surface area (Å²) in [6.07, 6.45) is 0.395. The molecule has 1 aromatic carbocycles. The lowest BCUT2D eigenvalue weighted by Gasteiger charge is -2.30. The number of nitrogens with two attached hydrogens (primary N) is 1. The third kappa shape index (κ3) is 1.98. The van der Waals surface area contributed by atoms with Gasteiger partial charge in [-0.15, -0.1) is 0 Å². The van der Waals surface area contributed by atoms with Gasteiger partial charge in [0.25, 0.3) is 5.91 Å². The van der Waals surface area contributed by atoms with Gasteiger partial charge in [-0.2, -0.15) is 0 Å². The van der Waals surface area contributed by atoms with Crippen LogP contribution in [0.2, 0.25) is 0 Å². The summed E-state index contributed by atoms with van der Waals surface area (Å²) in [5.41, 5.74) is 8.67. The first-order chi connectivity index (χ1) is 9.33. The Morgan fingerprint density at radius 3 is 2.15 bits per heavy atom. The molecular weight excluding hydrogens is 254 g/mol. The first-order valence-electron chi connectivity index (χ1n) is 6.72. The Bertz CT molecular complexity index is 559. The summed E-state index contributed by atoms with van der Waals surface area (Å²) in [5.74, 6) is -0.233. The molecule has 3 amide bonds. The Morgan fingerprint density at radius 2 is 1.75 bits per heavy atom. The van der Waals surface area contributed by atoms with Gasteiger partial charge in [-0.1, -0.05) is 17.7 Å². The maximum Gasteiger partial charge on any atom is 0.325 e. The van der Waals surface area contributed by atoms with E-state index in [0.717, 1.165) is 27.2 Å².